The zero-order chi connectivity index (χ0) is 11.1. The molecule has 0 amide bonds. The molecule has 15 heavy (non-hydrogen) atoms. The molecule has 0 aliphatic carbocycles. The van der Waals surface area contributed by atoms with Crippen LogP contribution in [0.3, 0.4) is 0 Å². The normalized spacial score (nSPS) is 12.0. The smallest absolute Gasteiger partial charge is 0.00415 e. The highest BCUT2D eigenvalue weighted by atomic mass is 31.0. The van der Waals surface area contributed by atoms with Crippen LogP contribution in [0.2, 0.25) is 0 Å². The van der Waals surface area contributed by atoms with E-state index in [1.165, 1.54) is 21.9 Å². The number of hydrogen-bond donors (Lipinski definition) is 0. The Labute approximate surface area is 93.9 Å². The Hall–Kier alpha value is -0.870. The molecule has 1 atom stereocenters. The summed E-state index contributed by atoms with van der Waals surface area (Å²) in [5, 5.41) is 2.81. The fourth-order valence-corrected chi connectivity index (χ4v) is 1.95. The van der Waals surface area contributed by atoms with Gasteiger partial charge in [-0.15, -0.1) is 9.24 Å². The van der Waals surface area contributed by atoms with Crippen LogP contribution in [0.15, 0.2) is 36.4 Å². The molecule has 78 valence electrons. The summed E-state index contributed by atoms with van der Waals surface area (Å²) in [5.74, 6) is 0. The van der Waals surface area contributed by atoms with Gasteiger partial charge in [-0.1, -0.05) is 55.8 Å². The third-order valence-electron chi connectivity index (χ3n) is 2.74. The molecule has 0 saturated carbocycles. The first kappa shape index (κ1) is 10.6. The maximum atomic E-state index is 2.89. The van der Waals surface area contributed by atoms with Crippen molar-refractivity contribution < 1.29 is 0 Å². The van der Waals surface area contributed by atoms with Crippen molar-refractivity contribution in [2.45, 2.75) is 25.9 Å². The number of rotatable bonds is 1. The minimum atomic E-state index is 0.152. The van der Waals surface area contributed by atoms with E-state index in [-0.39, 0.29) is 5.16 Å². The zero-order valence-corrected chi connectivity index (χ0v) is 10.7. The zero-order valence-electron chi connectivity index (χ0n) is 9.54. The SMILES string of the molecule is Cc1ccc2cc(C(C)(C)P)ccc2c1. The maximum Gasteiger partial charge on any atom is 0.00415 e. The van der Waals surface area contributed by atoms with Crippen molar-refractivity contribution in [3.8, 4) is 0 Å². The molecule has 0 heterocycles. The molecule has 0 aromatic heterocycles. The van der Waals surface area contributed by atoms with Gasteiger partial charge in [-0.05, 0) is 23.3 Å². The Balaban J connectivity index is 2.62. The van der Waals surface area contributed by atoms with Crippen molar-refractivity contribution in [3.63, 3.8) is 0 Å². The minimum Gasteiger partial charge on any atom is -0.127 e. The largest absolute Gasteiger partial charge is 0.127 e. The molecule has 1 heteroatoms. The number of hydrogen-bond acceptors (Lipinski definition) is 0. The molecule has 0 aliphatic heterocycles. The first-order valence-corrected chi connectivity index (χ1v) is 5.84. The van der Waals surface area contributed by atoms with Crippen LogP contribution in [-0.4, -0.2) is 0 Å². The van der Waals surface area contributed by atoms with E-state index in [0.29, 0.717) is 0 Å². The van der Waals surface area contributed by atoms with Gasteiger partial charge >= 0.3 is 0 Å². The van der Waals surface area contributed by atoms with E-state index in [1.807, 2.05) is 0 Å². The van der Waals surface area contributed by atoms with Crippen molar-refractivity contribution in [3.05, 3.63) is 47.5 Å². The van der Waals surface area contributed by atoms with Gasteiger partial charge in [0.15, 0.2) is 0 Å². The van der Waals surface area contributed by atoms with Crippen molar-refractivity contribution in [1.82, 2.24) is 0 Å². The summed E-state index contributed by atoms with van der Waals surface area (Å²) in [6, 6.07) is 13.3. The Kier molecular flexibility index (Phi) is 2.56. The average molecular weight is 216 g/mol. The van der Waals surface area contributed by atoms with Gasteiger partial charge in [-0.3, -0.25) is 0 Å². The van der Waals surface area contributed by atoms with Gasteiger partial charge in [0, 0.05) is 5.16 Å². The maximum absolute atomic E-state index is 2.89. The van der Waals surface area contributed by atoms with Gasteiger partial charge < -0.3 is 0 Å². The van der Waals surface area contributed by atoms with E-state index in [9.17, 15) is 0 Å². The molecule has 0 fully saturated rings. The van der Waals surface area contributed by atoms with Crippen molar-refractivity contribution in [2.75, 3.05) is 0 Å². The molecular formula is C14H17P. The lowest BCUT2D eigenvalue weighted by Crippen LogP contribution is -2.05. The molecule has 0 aliphatic rings. The third kappa shape index (κ3) is 2.21. The summed E-state index contributed by atoms with van der Waals surface area (Å²) in [4.78, 5) is 0. The Morgan fingerprint density at radius 1 is 0.933 bits per heavy atom. The lowest BCUT2D eigenvalue weighted by Gasteiger charge is -2.19. The number of aryl methyl sites for hydroxylation is 1. The Morgan fingerprint density at radius 3 is 2.20 bits per heavy atom. The van der Waals surface area contributed by atoms with Crippen molar-refractivity contribution >= 4 is 20.0 Å². The molecule has 0 radical (unpaired) electrons. The fraction of sp³-hybridized carbons (Fsp3) is 0.286. The summed E-state index contributed by atoms with van der Waals surface area (Å²) >= 11 is 0. The van der Waals surface area contributed by atoms with Crippen LogP contribution < -0.4 is 0 Å². The first-order chi connectivity index (χ1) is 6.97. The molecule has 0 bridgehead atoms. The van der Waals surface area contributed by atoms with Crippen molar-refractivity contribution in [2.24, 2.45) is 0 Å². The molecule has 2 rings (SSSR count). The second-order valence-corrected chi connectivity index (χ2v) is 6.23. The van der Waals surface area contributed by atoms with E-state index in [4.69, 9.17) is 0 Å². The van der Waals surface area contributed by atoms with Gasteiger partial charge in [0.2, 0.25) is 0 Å². The highest BCUT2D eigenvalue weighted by Crippen LogP contribution is 2.32. The minimum absolute atomic E-state index is 0.152. The molecular weight excluding hydrogens is 199 g/mol. The second-order valence-electron chi connectivity index (χ2n) is 4.79. The predicted octanol–water partition coefficient (Wildman–Crippen LogP) is 4.26. The van der Waals surface area contributed by atoms with Crippen LogP contribution >= 0.6 is 9.24 Å². The van der Waals surface area contributed by atoms with Crippen LogP contribution in [0.4, 0.5) is 0 Å². The monoisotopic (exact) mass is 216 g/mol. The van der Waals surface area contributed by atoms with E-state index in [0.717, 1.165) is 0 Å². The molecule has 0 spiro atoms. The van der Waals surface area contributed by atoms with Gasteiger partial charge in [0.25, 0.3) is 0 Å². The van der Waals surface area contributed by atoms with E-state index in [1.54, 1.807) is 0 Å². The second kappa shape index (κ2) is 3.61. The van der Waals surface area contributed by atoms with Gasteiger partial charge in [-0.25, -0.2) is 0 Å². The Bertz CT molecular complexity index is 492. The number of benzene rings is 2. The van der Waals surface area contributed by atoms with Crippen LogP contribution in [0.5, 0.6) is 0 Å². The summed E-state index contributed by atoms with van der Waals surface area (Å²) < 4.78 is 0. The first-order valence-electron chi connectivity index (χ1n) is 5.26. The predicted molar refractivity (Wildman–Crippen MR) is 71.4 cm³/mol. The topological polar surface area (TPSA) is 0 Å². The molecule has 2 aromatic carbocycles. The van der Waals surface area contributed by atoms with Crippen LogP contribution in [0, 0.1) is 6.92 Å². The molecule has 0 nitrogen and oxygen atoms in total. The molecule has 1 unspecified atom stereocenters. The Morgan fingerprint density at radius 2 is 1.53 bits per heavy atom. The summed E-state index contributed by atoms with van der Waals surface area (Å²) in [6.45, 7) is 6.56. The van der Waals surface area contributed by atoms with E-state index in [2.05, 4.69) is 66.4 Å². The quantitative estimate of drug-likeness (QED) is 0.625. The summed E-state index contributed by atoms with van der Waals surface area (Å²) in [7, 11) is 2.89. The van der Waals surface area contributed by atoms with E-state index < -0.39 is 0 Å². The van der Waals surface area contributed by atoms with Crippen LogP contribution in [0.1, 0.15) is 25.0 Å². The van der Waals surface area contributed by atoms with Gasteiger partial charge in [0.05, 0.1) is 0 Å². The summed E-state index contributed by atoms with van der Waals surface area (Å²) in [6.07, 6.45) is 0. The highest BCUT2D eigenvalue weighted by molar-refractivity contribution is 7.18. The molecule has 0 N–H and O–H groups in total. The van der Waals surface area contributed by atoms with Gasteiger partial charge in [0.1, 0.15) is 0 Å². The standard InChI is InChI=1S/C14H17P/c1-10-4-5-12-9-13(14(2,3)15)7-6-11(12)8-10/h4-9H,15H2,1-3H3. The molecule has 2 aromatic rings. The molecule has 0 saturated heterocycles. The average Bonchev–Trinajstić information content (AvgIpc) is 2.15. The van der Waals surface area contributed by atoms with Crippen molar-refractivity contribution in [1.29, 1.82) is 0 Å². The van der Waals surface area contributed by atoms with E-state index >= 15 is 0 Å². The lowest BCUT2D eigenvalue weighted by molar-refractivity contribution is 0.785. The van der Waals surface area contributed by atoms with Gasteiger partial charge in [-0.2, -0.15) is 0 Å². The lowest BCUT2D eigenvalue weighted by atomic mass is 9.98. The van der Waals surface area contributed by atoms with Crippen LogP contribution in [0.25, 0.3) is 10.8 Å². The summed E-state index contributed by atoms with van der Waals surface area (Å²) in [5.41, 5.74) is 2.68. The highest BCUT2D eigenvalue weighted by Gasteiger charge is 2.13. The van der Waals surface area contributed by atoms with Crippen LogP contribution in [-0.2, 0) is 5.16 Å². The fourth-order valence-electron chi connectivity index (χ4n) is 1.77. The third-order valence-corrected chi connectivity index (χ3v) is 3.07. The number of fused-ring (bicyclic) bond motifs is 1.